The lowest BCUT2D eigenvalue weighted by atomic mass is 10.3. The first kappa shape index (κ1) is 13.7. The molecule has 0 saturated heterocycles. The third-order valence-electron chi connectivity index (χ3n) is 2.23. The van der Waals surface area contributed by atoms with E-state index in [-0.39, 0.29) is 0 Å². The van der Waals surface area contributed by atoms with E-state index in [1.165, 1.54) is 0 Å². The molecule has 1 aromatic carbocycles. The van der Waals surface area contributed by atoms with Crippen molar-refractivity contribution in [1.82, 2.24) is 15.0 Å². The standard InChI is InChI=1S/C11H14IN7/c1-19(2)11-16-9(15-10(17-11)18-13)14-8-5-3-4-7(12)6-8/h3-6H,13H2,1-2H3,(H2,14,15,16,17,18). The van der Waals surface area contributed by atoms with Gasteiger partial charge in [0.15, 0.2) is 0 Å². The van der Waals surface area contributed by atoms with Gasteiger partial charge in [0.2, 0.25) is 17.8 Å². The molecule has 4 N–H and O–H groups in total. The average Bonchev–Trinajstić information content (AvgIpc) is 2.38. The van der Waals surface area contributed by atoms with E-state index in [2.05, 4.69) is 48.3 Å². The molecule has 2 rings (SSSR count). The van der Waals surface area contributed by atoms with Gasteiger partial charge >= 0.3 is 0 Å². The quantitative estimate of drug-likeness (QED) is 0.427. The van der Waals surface area contributed by atoms with Crippen molar-refractivity contribution in [2.45, 2.75) is 0 Å². The topological polar surface area (TPSA) is 92.0 Å². The molecule has 0 aliphatic rings. The summed E-state index contributed by atoms with van der Waals surface area (Å²) in [6.45, 7) is 0. The maximum absolute atomic E-state index is 5.35. The number of anilines is 4. The van der Waals surface area contributed by atoms with Crippen molar-refractivity contribution in [2.75, 3.05) is 29.7 Å². The maximum Gasteiger partial charge on any atom is 0.243 e. The van der Waals surface area contributed by atoms with E-state index < -0.39 is 0 Å². The molecule has 8 heteroatoms. The zero-order chi connectivity index (χ0) is 13.8. The van der Waals surface area contributed by atoms with Crippen molar-refractivity contribution in [3.63, 3.8) is 0 Å². The number of hydrogen-bond acceptors (Lipinski definition) is 7. The van der Waals surface area contributed by atoms with E-state index in [0.29, 0.717) is 17.8 Å². The monoisotopic (exact) mass is 371 g/mol. The highest BCUT2D eigenvalue weighted by atomic mass is 127. The minimum Gasteiger partial charge on any atom is -0.347 e. The van der Waals surface area contributed by atoms with Crippen LogP contribution in [0, 0.1) is 3.57 Å². The van der Waals surface area contributed by atoms with Crippen molar-refractivity contribution < 1.29 is 0 Å². The molecule has 1 heterocycles. The van der Waals surface area contributed by atoms with Crippen LogP contribution in [-0.4, -0.2) is 29.0 Å². The van der Waals surface area contributed by atoms with Crippen molar-refractivity contribution >= 4 is 46.1 Å². The van der Waals surface area contributed by atoms with Crippen LogP contribution in [0.25, 0.3) is 0 Å². The van der Waals surface area contributed by atoms with Gasteiger partial charge in [-0.25, -0.2) is 5.84 Å². The first-order valence-electron chi connectivity index (χ1n) is 5.51. The van der Waals surface area contributed by atoms with Crippen molar-refractivity contribution in [3.8, 4) is 0 Å². The van der Waals surface area contributed by atoms with Crippen LogP contribution in [0.15, 0.2) is 24.3 Å². The summed E-state index contributed by atoms with van der Waals surface area (Å²) in [4.78, 5) is 14.4. The number of nitrogens with one attached hydrogen (secondary N) is 2. The number of hydrogen-bond donors (Lipinski definition) is 3. The maximum atomic E-state index is 5.35. The second kappa shape index (κ2) is 5.97. The molecule has 0 fully saturated rings. The highest BCUT2D eigenvalue weighted by Crippen LogP contribution is 2.18. The van der Waals surface area contributed by atoms with Gasteiger partial charge in [0.05, 0.1) is 0 Å². The number of halogens is 1. The molecule has 100 valence electrons. The summed E-state index contributed by atoms with van der Waals surface area (Å²) >= 11 is 2.25. The van der Waals surface area contributed by atoms with Crippen LogP contribution in [0.4, 0.5) is 23.5 Å². The van der Waals surface area contributed by atoms with E-state index in [1.807, 2.05) is 38.4 Å². The number of rotatable bonds is 4. The Morgan fingerprint density at radius 3 is 2.53 bits per heavy atom. The van der Waals surface area contributed by atoms with Crippen LogP contribution in [0.2, 0.25) is 0 Å². The van der Waals surface area contributed by atoms with Crippen LogP contribution in [0.3, 0.4) is 0 Å². The average molecular weight is 371 g/mol. The van der Waals surface area contributed by atoms with Gasteiger partial charge in [-0.2, -0.15) is 15.0 Å². The number of nitrogens with two attached hydrogens (primary N) is 1. The molecule has 0 unspecified atom stereocenters. The fourth-order valence-corrected chi connectivity index (χ4v) is 1.92. The molecule has 19 heavy (non-hydrogen) atoms. The Hall–Kier alpha value is -1.68. The summed E-state index contributed by atoms with van der Waals surface area (Å²) in [6.07, 6.45) is 0. The fourth-order valence-electron chi connectivity index (χ4n) is 1.38. The summed E-state index contributed by atoms with van der Waals surface area (Å²) in [5.41, 5.74) is 3.34. The number of benzene rings is 1. The second-order valence-electron chi connectivity index (χ2n) is 3.96. The SMILES string of the molecule is CN(C)c1nc(NN)nc(Nc2cccc(I)c2)n1. The zero-order valence-electron chi connectivity index (χ0n) is 10.6. The molecule has 0 saturated carbocycles. The Morgan fingerprint density at radius 1 is 1.16 bits per heavy atom. The molecule has 2 aromatic rings. The van der Waals surface area contributed by atoms with E-state index in [4.69, 9.17) is 5.84 Å². The molecule has 0 radical (unpaired) electrons. The van der Waals surface area contributed by atoms with Gasteiger partial charge in [0.25, 0.3) is 0 Å². The Balaban J connectivity index is 2.31. The lowest BCUT2D eigenvalue weighted by molar-refractivity contribution is 0.957. The molecule has 0 aliphatic carbocycles. The molecule has 0 amide bonds. The lowest BCUT2D eigenvalue weighted by Gasteiger charge is -2.13. The van der Waals surface area contributed by atoms with Gasteiger partial charge in [-0.05, 0) is 40.8 Å². The number of aromatic nitrogens is 3. The van der Waals surface area contributed by atoms with Crippen LogP contribution < -0.4 is 21.5 Å². The molecule has 7 nitrogen and oxygen atoms in total. The third kappa shape index (κ3) is 3.64. The molecule has 0 bridgehead atoms. The lowest BCUT2D eigenvalue weighted by Crippen LogP contribution is -2.18. The molecule has 0 aliphatic heterocycles. The molecular formula is C11H14IN7. The van der Waals surface area contributed by atoms with Crippen molar-refractivity contribution in [1.29, 1.82) is 0 Å². The van der Waals surface area contributed by atoms with Crippen molar-refractivity contribution in [3.05, 3.63) is 27.8 Å². The van der Waals surface area contributed by atoms with Crippen LogP contribution in [-0.2, 0) is 0 Å². The first-order valence-corrected chi connectivity index (χ1v) is 6.59. The van der Waals surface area contributed by atoms with E-state index in [1.54, 1.807) is 4.90 Å². The summed E-state index contributed by atoms with van der Waals surface area (Å²) in [6, 6.07) is 7.91. The summed E-state index contributed by atoms with van der Waals surface area (Å²) in [5.74, 6) is 6.63. The number of nitrogens with zero attached hydrogens (tertiary/aromatic N) is 4. The Labute approximate surface area is 124 Å². The normalized spacial score (nSPS) is 10.1. The molecule has 0 spiro atoms. The summed E-state index contributed by atoms with van der Waals surface area (Å²) < 4.78 is 1.13. The molecule has 1 aromatic heterocycles. The van der Waals surface area contributed by atoms with Gasteiger partial charge in [-0.15, -0.1) is 0 Å². The zero-order valence-corrected chi connectivity index (χ0v) is 12.7. The van der Waals surface area contributed by atoms with Gasteiger partial charge in [-0.3, -0.25) is 5.43 Å². The van der Waals surface area contributed by atoms with E-state index in [9.17, 15) is 0 Å². The largest absolute Gasteiger partial charge is 0.347 e. The minimum atomic E-state index is 0.312. The Morgan fingerprint density at radius 2 is 1.89 bits per heavy atom. The van der Waals surface area contributed by atoms with Crippen molar-refractivity contribution in [2.24, 2.45) is 5.84 Å². The van der Waals surface area contributed by atoms with Gasteiger partial charge in [0, 0.05) is 23.4 Å². The van der Waals surface area contributed by atoms with Gasteiger partial charge in [-0.1, -0.05) is 6.07 Å². The van der Waals surface area contributed by atoms with Crippen LogP contribution in [0.1, 0.15) is 0 Å². The highest BCUT2D eigenvalue weighted by Gasteiger charge is 2.07. The third-order valence-corrected chi connectivity index (χ3v) is 2.90. The highest BCUT2D eigenvalue weighted by molar-refractivity contribution is 14.1. The van der Waals surface area contributed by atoms with E-state index >= 15 is 0 Å². The first-order chi connectivity index (χ1) is 9.08. The fraction of sp³-hybridized carbons (Fsp3) is 0.182. The smallest absolute Gasteiger partial charge is 0.243 e. The van der Waals surface area contributed by atoms with E-state index in [0.717, 1.165) is 9.26 Å². The van der Waals surface area contributed by atoms with Gasteiger partial charge in [0.1, 0.15) is 0 Å². The van der Waals surface area contributed by atoms with Crippen LogP contribution >= 0.6 is 22.6 Å². The summed E-state index contributed by atoms with van der Waals surface area (Å²) in [7, 11) is 3.70. The second-order valence-corrected chi connectivity index (χ2v) is 5.20. The van der Waals surface area contributed by atoms with Gasteiger partial charge < -0.3 is 10.2 Å². The predicted molar refractivity (Wildman–Crippen MR) is 84.4 cm³/mol. The number of nitrogen functional groups attached to an aromatic ring is 1. The molecular weight excluding hydrogens is 357 g/mol. The minimum absolute atomic E-state index is 0.312. The Kier molecular flexibility index (Phi) is 4.32. The number of hydrazine groups is 1. The summed E-state index contributed by atoms with van der Waals surface area (Å²) in [5, 5.41) is 3.13. The molecule has 0 atom stereocenters. The predicted octanol–water partition coefficient (Wildman–Crippen LogP) is 1.57. The van der Waals surface area contributed by atoms with Crippen LogP contribution in [0.5, 0.6) is 0 Å². The Bertz CT molecular complexity index is 573.